The highest BCUT2D eigenvalue weighted by molar-refractivity contribution is 5.77. The molecule has 4 nitrogen and oxygen atoms in total. The Hall–Kier alpha value is -0.610. The van der Waals surface area contributed by atoms with E-state index in [1.165, 1.54) is 25.7 Å². The first kappa shape index (κ1) is 13.8. The van der Waals surface area contributed by atoms with Crippen LogP contribution in [0.2, 0.25) is 0 Å². The second kappa shape index (κ2) is 7.10. The van der Waals surface area contributed by atoms with Gasteiger partial charge in [-0.15, -0.1) is 0 Å². The molecule has 18 heavy (non-hydrogen) atoms. The van der Waals surface area contributed by atoms with Crippen molar-refractivity contribution in [2.24, 2.45) is 0 Å². The Balaban J connectivity index is 1.73. The molecule has 1 saturated carbocycles. The number of carbonyl (C=O) groups is 1. The van der Waals surface area contributed by atoms with E-state index in [0.717, 1.165) is 32.4 Å². The molecule has 1 heterocycles. The molecule has 0 aromatic heterocycles. The van der Waals surface area contributed by atoms with Crippen LogP contribution in [-0.4, -0.2) is 49.7 Å². The van der Waals surface area contributed by atoms with Crippen LogP contribution in [0.1, 0.15) is 44.9 Å². The Bertz CT molecular complexity index is 265. The zero-order valence-corrected chi connectivity index (χ0v) is 11.5. The lowest BCUT2D eigenvalue weighted by Gasteiger charge is -2.32. The molecule has 1 saturated heterocycles. The summed E-state index contributed by atoms with van der Waals surface area (Å²) in [7, 11) is 1.98. The Morgan fingerprint density at radius 1 is 1.17 bits per heavy atom. The summed E-state index contributed by atoms with van der Waals surface area (Å²) in [6, 6.07) is 0.424. The molecular formula is C14H26N2O2. The molecule has 2 rings (SSSR count). The lowest BCUT2D eigenvalue weighted by Crippen LogP contribution is -2.44. The summed E-state index contributed by atoms with van der Waals surface area (Å²) in [6.45, 7) is 2.10. The second-order valence-electron chi connectivity index (χ2n) is 5.47. The summed E-state index contributed by atoms with van der Waals surface area (Å²) >= 11 is 0. The molecule has 1 N–H and O–H groups in total. The van der Waals surface area contributed by atoms with E-state index < -0.39 is 0 Å². The summed E-state index contributed by atoms with van der Waals surface area (Å²) in [4.78, 5) is 14.0. The number of carbonyl (C=O) groups excluding carboxylic acids is 1. The first-order valence-electron chi connectivity index (χ1n) is 7.38. The number of likely N-dealkylation sites (tertiary alicyclic amines) is 1. The molecule has 2 atom stereocenters. The van der Waals surface area contributed by atoms with Crippen molar-refractivity contribution < 1.29 is 9.53 Å². The molecule has 2 fully saturated rings. The van der Waals surface area contributed by atoms with E-state index in [2.05, 4.69) is 5.32 Å². The third-order valence-electron chi connectivity index (χ3n) is 4.20. The topological polar surface area (TPSA) is 41.6 Å². The van der Waals surface area contributed by atoms with E-state index in [4.69, 9.17) is 4.74 Å². The minimum absolute atomic E-state index is 0.176. The molecule has 4 heteroatoms. The number of hydrogen-bond donors (Lipinski definition) is 1. The Morgan fingerprint density at radius 2 is 1.89 bits per heavy atom. The van der Waals surface area contributed by atoms with Gasteiger partial charge in [-0.1, -0.05) is 12.8 Å². The zero-order chi connectivity index (χ0) is 12.8. The van der Waals surface area contributed by atoms with Gasteiger partial charge in [0.25, 0.3) is 0 Å². The van der Waals surface area contributed by atoms with Crippen molar-refractivity contribution in [2.75, 3.05) is 26.7 Å². The van der Waals surface area contributed by atoms with Crippen LogP contribution in [0.25, 0.3) is 0 Å². The Kier molecular flexibility index (Phi) is 5.45. The third-order valence-corrected chi connectivity index (χ3v) is 4.20. The predicted molar refractivity (Wildman–Crippen MR) is 71.5 cm³/mol. The highest BCUT2D eigenvalue weighted by Gasteiger charge is 2.26. The fourth-order valence-corrected chi connectivity index (χ4v) is 3.04. The molecule has 2 unspecified atom stereocenters. The number of piperidine rings is 1. The minimum Gasteiger partial charge on any atom is -0.367 e. The number of nitrogens with one attached hydrogen (secondary N) is 1. The number of likely N-dealkylation sites (N-methyl/N-ethyl adjacent to an activating group) is 1. The van der Waals surface area contributed by atoms with Gasteiger partial charge in [0, 0.05) is 19.1 Å². The second-order valence-corrected chi connectivity index (χ2v) is 5.47. The highest BCUT2D eigenvalue weighted by atomic mass is 16.5. The van der Waals surface area contributed by atoms with Crippen LogP contribution in [-0.2, 0) is 9.53 Å². The molecule has 1 amide bonds. The lowest BCUT2D eigenvalue weighted by molar-refractivity contribution is -0.140. The van der Waals surface area contributed by atoms with Crippen LogP contribution in [0, 0.1) is 0 Å². The van der Waals surface area contributed by atoms with Crippen LogP contribution >= 0.6 is 0 Å². The number of amides is 1. The van der Waals surface area contributed by atoms with Gasteiger partial charge in [-0.3, -0.25) is 4.79 Å². The van der Waals surface area contributed by atoms with Crippen LogP contribution in [0.3, 0.4) is 0 Å². The van der Waals surface area contributed by atoms with E-state index >= 15 is 0 Å². The SMILES string of the molecule is CNC1CCCCC1OCC(=O)N1CCCCC1. The molecule has 2 aliphatic rings. The largest absolute Gasteiger partial charge is 0.367 e. The van der Waals surface area contributed by atoms with Gasteiger partial charge in [-0.2, -0.15) is 0 Å². The average Bonchev–Trinajstić information content (AvgIpc) is 2.46. The van der Waals surface area contributed by atoms with Crippen molar-refractivity contribution in [1.29, 1.82) is 0 Å². The van der Waals surface area contributed by atoms with Crippen LogP contribution in [0.5, 0.6) is 0 Å². The smallest absolute Gasteiger partial charge is 0.248 e. The van der Waals surface area contributed by atoms with Crippen LogP contribution in [0.15, 0.2) is 0 Å². The Morgan fingerprint density at radius 3 is 2.61 bits per heavy atom. The molecule has 0 radical (unpaired) electrons. The quantitative estimate of drug-likeness (QED) is 0.827. The van der Waals surface area contributed by atoms with Crippen LogP contribution in [0.4, 0.5) is 0 Å². The standard InChI is InChI=1S/C14H26N2O2/c1-15-12-7-3-4-8-13(12)18-11-14(17)16-9-5-2-6-10-16/h12-13,15H,2-11H2,1H3. The normalized spacial score (nSPS) is 29.3. The minimum atomic E-state index is 0.176. The molecule has 1 aliphatic carbocycles. The first-order valence-corrected chi connectivity index (χ1v) is 7.38. The van der Waals surface area contributed by atoms with Gasteiger partial charge in [0.2, 0.25) is 5.91 Å². The van der Waals surface area contributed by atoms with Gasteiger partial charge >= 0.3 is 0 Å². The van der Waals surface area contributed by atoms with Gasteiger partial charge in [-0.25, -0.2) is 0 Å². The molecule has 0 aromatic rings. The maximum Gasteiger partial charge on any atom is 0.248 e. The fourth-order valence-electron chi connectivity index (χ4n) is 3.04. The summed E-state index contributed by atoms with van der Waals surface area (Å²) < 4.78 is 5.85. The third kappa shape index (κ3) is 3.69. The number of ether oxygens (including phenoxy) is 1. The Labute approximate surface area is 110 Å². The van der Waals surface area contributed by atoms with E-state index in [1.807, 2.05) is 11.9 Å². The van der Waals surface area contributed by atoms with Gasteiger partial charge in [0.15, 0.2) is 0 Å². The van der Waals surface area contributed by atoms with Crippen molar-refractivity contribution in [3.63, 3.8) is 0 Å². The number of rotatable bonds is 4. The fraction of sp³-hybridized carbons (Fsp3) is 0.929. The van der Waals surface area contributed by atoms with Gasteiger partial charge in [0.1, 0.15) is 6.61 Å². The molecule has 1 aliphatic heterocycles. The van der Waals surface area contributed by atoms with Gasteiger partial charge in [0.05, 0.1) is 6.10 Å². The maximum atomic E-state index is 12.0. The van der Waals surface area contributed by atoms with Crippen molar-refractivity contribution in [1.82, 2.24) is 10.2 Å². The summed E-state index contributed by atoms with van der Waals surface area (Å²) in [5.41, 5.74) is 0. The van der Waals surface area contributed by atoms with Crippen molar-refractivity contribution in [2.45, 2.75) is 57.1 Å². The first-order chi connectivity index (χ1) is 8.81. The van der Waals surface area contributed by atoms with E-state index in [-0.39, 0.29) is 18.6 Å². The summed E-state index contributed by atoms with van der Waals surface area (Å²) in [5, 5.41) is 3.31. The summed E-state index contributed by atoms with van der Waals surface area (Å²) in [5.74, 6) is 0.176. The van der Waals surface area contributed by atoms with Gasteiger partial charge < -0.3 is 15.0 Å². The van der Waals surface area contributed by atoms with Crippen molar-refractivity contribution in [3.8, 4) is 0 Å². The van der Waals surface area contributed by atoms with E-state index in [1.54, 1.807) is 0 Å². The van der Waals surface area contributed by atoms with Crippen LogP contribution < -0.4 is 5.32 Å². The molecule has 0 aromatic carbocycles. The maximum absolute atomic E-state index is 12.0. The highest BCUT2D eigenvalue weighted by Crippen LogP contribution is 2.21. The lowest BCUT2D eigenvalue weighted by atomic mass is 9.92. The van der Waals surface area contributed by atoms with Crippen molar-refractivity contribution >= 4 is 5.91 Å². The zero-order valence-electron chi connectivity index (χ0n) is 11.5. The average molecular weight is 254 g/mol. The molecule has 0 bridgehead atoms. The predicted octanol–water partition coefficient (Wildman–Crippen LogP) is 1.55. The van der Waals surface area contributed by atoms with E-state index in [9.17, 15) is 4.79 Å². The summed E-state index contributed by atoms with van der Waals surface area (Å²) in [6.07, 6.45) is 8.51. The van der Waals surface area contributed by atoms with Gasteiger partial charge in [-0.05, 0) is 39.2 Å². The van der Waals surface area contributed by atoms with E-state index in [0.29, 0.717) is 6.04 Å². The monoisotopic (exact) mass is 254 g/mol. The number of nitrogens with zero attached hydrogens (tertiary/aromatic N) is 1. The number of hydrogen-bond acceptors (Lipinski definition) is 3. The molecule has 104 valence electrons. The molecule has 0 spiro atoms. The molecular weight excluding hydrogens is 228 g/mol. The van der Waals surface area contributed by atoms with Crippen molar-refractivity contribution in [3.05, 3.63) is 0 Å².